The normalized spacial score (nSPS) is 12.8. The van der Waals surface area contributed by atoms with Gasteiger partial charge in [0.25, 0.3) is 0 Å². The van der Waals surface area contributed by atoms with E-state index in [9.17, 15) is 4.79 Å². The Bertz CT molecular complexity index is 257. The molecule has 0 aliphatic rings. The van der Waals surface area contributed by atoms with Crippen LogP contribution in [0.5, 0.6) is 0 Å². The molecule has 0 amide bonds. The Balaban J connectivity index is 4.81. The molecule has 100 valence electrons. The fourth-order valence-electron chi connectivity index (χ4n) is 1.76. The lowest BCUT2D eigenvalue weighted by molar-refractivity contribution is -0.150. The van der Waals surface area contributed by atoms with Gasteiger partial charge in [-0.2, -0.15) is 0 Å². The highest BCUT2D eigenvalue weighted by molar-refractivity contribution is 7.80. The van der Waals surface area contributed by atoms with Crippen molar-refractivity contribution in [3.63, 3.8) is 0 Å². The van der Waals surface area contributed by atoms with Crippen molar-refractivity contribution < 1.29 is 9.53 Å². The molecule has 0 aliphatic carbocycles. The van der Waals surface area contributed by atoms with Crippen molar-refractivity contribution in [2.45, 2.75) is 52.6 Å². The Kier molecular flexibility index (Phi) is 8.08. The van der Waals surface area contributed by atoms with Crippen molar-refractivity contribution in [1.29, 1.82) is 0 Å². The first kappa shape index (κ1) is 16.3. The number of esters is 1. The lowest BCUT2D eigenvalue weighted by Gasteiger charge is -2.32. The van der Waals surface area contributed by atoms with Gasteiger partial charge in [-0.1, -0.05) is 25.6 Å². The van der Waals surface area contributed by atoms with Crippen molar-refractivity contribution >= 4 is 23.2 Å². The fraction of sp³-hybridized carbons (Fsp3) is 0.833. The van der Waals surface area contributed by atoms with Gasteiger partial charge < -0.3 is 10.5 Å². The largest absolute Gasteiger partial charge is 0.465 e. The molecular formula is C12H24N2O2S. The molecule has 0 bridgehead atoms. The minimum absolute atomic E-state index is 0.181. The molecule has 0 aromatic heterocycles. The zero-order valence-corrected chi connectivity index (χ0v) is 12.0. The van der Waals surface area contributed by atoms with Crippen molar-refractivity contribution in [2.75, 3.05) is 13.2 Å². The predicted molar refractivity (Wildman–Crippen MR) is 74.0 cm³/mol. The molecular weight excluding hydrogens is 236 g/mol. The summed E-state index contributed by atoms with van der Waals surface area (Å²) >= 11 is 4.93. The number of rotatable bonds is 8. The van der Waals surface area contributed by atoms with Crippen LogP contribution in [0.4, 0.5) is 0 Å². The highest BCUT2D eigenvalue weighted by atomic mass is 32.1. The van der Waals surface area contributed by atoms with Gasteiger partial charge in [0.15, 0.2) is 0 Å². The standard InChI is InChI=1S/C12H24N2O2S/c1-5-7-10(12(15)16-6-2)14(9(3)4)8-11(13)17/h9-10H,5-8H2,1-4H3,(H2,13,17). The molecule has 4 nitrogen and oxygen atoms in total. The Labute approximate surface area is 109 Å². The average Bonchev–Trinajstić information content (AvgIpc) is 2.22. The summed E-state index contributed by atoms with van der Waals surface area (Å²) in [6.45, 7) is 8.77. The van der Waals surface area contributed by atoms with Gasteiger partial charge in [0.2, 0.25) is 0 Å². The molecule has 0 aromatic rings. The molecule has 0 heterocycles. The van der Waals surface area contributed by atoms with Crippen LogP contribution in [0, 0.1) is 0 Å². The topological polar surface area (TPSA) is 55.6 Å². The van der Waals surface area contributed by atoms with Crippen LogP contribution in [0.1, 0.15) is 40.5 Å². The molecule has 17 heavy (non-hydrogen) atoms. The quantitative estimate of drug-likeness (QED) is 0.532. The van der Waals surface area contributed by atoms with E-state index in [0.717, 1.165) is 12.8 Å². The maximum absolute atomic E-state index is 11.9. The molecule has 1 atom stereocenters. The highest BCUT2D eigenvalue weighted by Gasteiger charge is 2.28. The van der Waals surface area contributed by atoms with Gasteiger partial charge in [-0.25, -0.2) is 0 Å². The molecule has 0 fully saturated rings. The van der Waals surface area contributed by atoms with Crippen LogP contribution < -0.4 is 5.73 Å². The maximum atomic E-state index is 11.9. The Hall–Kier alpha value is -0.680. The number of carbonyl (C=O) groups excluding carboxylic acids is 1. The lowest BCUT2D eigenvalue weighted by atomic mass is 10.1. The Morgan fingerprint density at radius 1 is 1.41 bits per heavy atom. The van der Waals surface area contributed by atoms with Gasteiger partial charge in [-0.05, 0) is 27.2 Å². The van der Waals surface area contributed by atoms with Crippen LogP contribution in [-0.4, -0.2) is 41.1 Å². The van der Waals surface area contributed by atoms with Gasteiger partial charge in [-0.15, -0.1) is 0 Å². The molecule has 2 N–H and O–H groups in total. The second-order valence-corrected chi connectivity index (χ2v) is 4.81. The van der Waals surface area contributed by atoms with Crippen molar-refractivity contribution in [1.82, 2.24) is 4.90 Å². The smallest absolute Gasteiger partial charge is 0.323 e. The third-order valence-corrected chi connectivity index (χ3v) is 2.65. The molecule has 0 saturated heterocycles. The van der Waals surface area contributed by atoms with Gasteiger partial charge in [0, 0.05) is 12.6 Å². The van der Waals surface area contributed by atoms with Gasteiger partial charge in [-0.3, -0.25) is 9.69 Å². The Morgan fingerprint density at radius 3 is 2.35 bits per heavy atom. The second kappa shape index (κ2) is 8.42. The number of ether oxygens (including phenoxy) is 1. The Morgan fingerprint density at radius 2 is 2.00 bits per heavy atom. The van der Waals surface area contributed by atoms with E-state index in [2.05, 4.69) is 0 Å². The highest BCUT2D eigenvalue weighted by Crippen LogP contribution is 2.13. The molecule has 0 rings (SSSR count). The second-order valence-electron chi connectivity index (χ2n) is 4.29. The minimum Gasteiger partial charge on any atom is -0.465 e. The maximum Gasteiger partial charge on any atom is 0.323 e. The van der Waals surface area contributed by atoms with Crippen molar-refractivity contribution in [2.24, 2.45) is 5.73 Å². The number of hydrogen-bond acceptors (Lipinski definition) is 4. The summed E-state index contributed by atoms with van der Waals surface area (Å²) in [5.74, 6) is -0.181. The van der Waals surface area contributed by atoms with E-state index in [-0.39, 0.29) is 18.1 Å². The molecule has 0 spiro atoms. The summed E-state index contributed by atoms with van der Waals surface area (Å²) < 4.78 is 5.10. The number of carbonyl (C=O) groups is 1. The first-order valence-electron chi connectivity index (χ1n) is 6.14. The average molecular weight is 260 g/mol. The molecule has 1 unspecified atom stereocenters. The van der Waals surface area contributed by atoms with Crippen LogP contribution in [0.25, 0.3) is 0 Å². The van der Waals surface area contributed by atoms with E-state index < -0.39 is 0 Å². The van der Waals surface area contributed by atoms with Gasteiger partial charge >= 0.3 is 5.97 Å². The molecule has 0 aliphatic heterocycles. The van der Waals surface area contributed by atoms with E-state index in [4.69, 9.17) is 22.7 Å². The molecule has 0 aromatic carbocycles. The number of hydrogen-bond donors (Lipinski definition) is 1. The molecule has 0 radical (unpaired) electrons. The summed E-state index contributed by atoms with van der Waals surface area (Å²) in [5, 5.41) is 0. The fourth-order valence-corrected chi connectivity index (χ4v) is 1.91. The summed E-state index contributed by atoms with van der Waals surface area (Å²) in [5.41, 5.74) is 5.58. The number of nitrogens with zero attached hydrogens (tertiary/aromatic N) is 1. The van der Waals surface area contributed by atoms with E-state index in [1.807, 2.05) is 32.6 Å². The van der Waals surface area contributed by atoms with Crippen LogP contribution in [-0.2, 0) is 9.53 Å². The van der Waals surface area contributed by atoms with E-state index in [1.165, 1.54) is 0 Å². The molecule has 5 heteroatoms. The van der Waals surface area contributed by atoms with Gasteiger partial charge in [0.05, 0.1) is 11.6 Å². The van der Waals surface area contributed by atoms with Crippen LogP contribution in [0.15, 0.2) is 0 Å². The predicted octanol–water partition coefficient (Wildman–Crippen LogP) is 1.71. The summed E-state index contributed by atoms with van der Waals surface area (Å²) in [7, 11) is 0. The van der Waals surface area contributed by atoms with E-state index >= 15 is 0 Å². The van der Waals surface area contributed by atoms with Crippen LogP contribution >= 0.6 is 12.2 Å². The molecule has 0 saturated carbocycles. The summed E-state index contributed by atoms with van der Waals surface area (Å²) in [6.07, 6.45) is 1.68. The van der Waals surface area contributed by atoms with Crippen molar-refractivity contribution in [3.8, 4) is 0 Å². The van der Waals surface area contributed by atoms with Crippen LogP contribution in [0.3, 0.4) is 0 Å². The summed E-state index contributed by atoms with van der Waals surface area (Å²) in [6, 6.07) is -0.0427. The monoisotopic (exact) mass is 260 g/mol. The lowest BCUT2D eigenvalue weighted by Crippen LogP contribution is -2.49. The third kappa shape index (κ3) is 5.98. The number of nitrogens with two attached hydrogens (primary N) is 1. The van der Waals surface area contributed by atoms with Crippen molar-refractivity contribution in [3.05, 3.63) is 0 Å². The minimum atomic E-state index is -0.249. The zero-order chi connectivity index (χ0) is 13.4. The summed E-state index contributed by atoms with van der Waals surface area (Å²) in [4.78, 5) is 14.3. The van der Waals surface area contributed by atoms with E-state index in [1.54, 1.807) is 0 Å². The first-order chi connectivity index (χ1) is 7.93. The van der Waals surface area contributed by atoms with Gasteiger partial charge in [0.1, 0.15) is 6.04 Å². The first-order valence-corrected chi connectivity index (χ1v) is 6.55. The SMILES string of the molecule is CCCC(C(=O)OCC)N(CC(N)=S)C(C)C. The van der Waals surface area contributed by atoms with E-state index in [0.29, 0.717) is 18.1 Å². The number of thiocarbonyl (C=S) groups is 1. The zero-order valence-electron chi connectivity index (χ0n) is 11.2. The van der Waals surface area contributed by atoms with Crippen LogP contribution in [0.2, 0.25) is 0 Å². The third-order valence-electron chi connectivity index (χ3n) is 2.52.